The molecule has 1 rings (SSSR count). The standard InChI is InChI=1S/C14H23N3O3/c1-6-14(7-2,13(19)20)8-11(18)15-12-9(3)16-17(5)10(12)4/h6-8H2,1-5H3,(H,15,18)(H,19,20). The Hall–Kier alpha value is -1.85. The third-order valence-electron chi connectivity index (χ3n) is 4.08. The number of aliphatic carboxylic acids is 1. The number of carbonyl (C=O) groups is 2. The van der Waals surface area contributed by atoms with Crippen molar-refractivity contribution >= 4 is 17.6 Å². The van der Waals surface area contributed by atoms with E-state index in [1.54, 1.807) is 25.6 Å². The second-order valence-electron chi connectivity index (χ2n) is 5.19. The Morgan fingerprint density at radius 2 is 1.85 bits per heavy atom. The SMILES string of the molecule is CCC(CC)(CC(=O)Nc1c(C)nn(C)c1C)C(=O)O. The van der Waals surface area contributed by atoms with Crippen molar-refractivity contribution in [3.8, 4) is 0 Å². The van der Waals surface area contributed by atoms with Gasteiger partial charge in [-0.15, -0.1) is 0 Å². The Morgan fingerprint density at radius 1 is 1.30 bits per heavy atom. The van der Waals surface area contributed by atoms with Crippen LogP contribution in [0.1, 0.15) is 44.5 Å². The van der Waals surface area contributed by atoms with Crippen molar-refractivity contribution in [2.45, 2.75) is 47.0 Å². The van der Waals surface area contributed by atoms with E-state index in [-0.39, 0.29) is 12.3 Å². The predicted octanol–water partition coefficient (Wildman–Crippen LogP) is 2.26. The first-order valence-corrected chi connectivity index (χ1v) is 6.80. The molecule has 0 spiro atoms. The summed E-state index contributed by atoms with van der Waals surface area (Å²) < 4.78 is 1.69. The molecule has 0 fully saturated rings. The summed E-state index contributed by atoms with van der Waals surface area (Å²) in [5.74, 6) is -1.20. The minimum atomic E-state index is -0.992. The van der Waals surface area contributed by atoms with Crippen LogP contribution in [0.3, 0.4) is 0 Å². The molecule has 1 amide bonds. The van der Waals surface area contributed by atoms with Gasteiger partial charge >= 0.3 is 5.97 Å². The van der Waals surface area contributed by atoms with Gasteiger partial charge in [0.05, 0.1) is 22.5 Å². The molecule has 0 aliphatic heterocycles. The summed E-state index contributed by atoms with van der Waals surface area (Å²) in [6, 6.07) is 0. The van der Waals surface area contributed by atoms with Gasteiger partial charge in [-0.25, -0.2) is 0 Å². The Morgan fingerprint density at radius 3 is 2.20 bits per heavy atom. The minimum absolute atomic E-state index is 0.0247. The van der Waals surface area contributed by atoms with E-state index >= 15 is 0 Å². The van der Waals surface area contributed by atoms with Crippen LogP contribution in [0.15, 0.2) is 0 Å². The highest BCUT2D eigenvalue weighted by Crippen LogP contribution is 2.31. The summed E-state index contributed by atoms with van der Waals surface area (Å²) in [5.41, 5.74) is 1.26. The Bertz CT molecular complexity index is 516. The molecule has 0 saturated heterocycles. The zero-order valence-electron chi connectivity index (χ0n) is 12.8. The van der Waals surface area contributed by atoms with Crippen LogP contribution in [0.5, 0.6) is 0 Å². The van der Waals surface area contributed by atoms with Gasteiger partial charge in [0.2, 0.25) is 5.91 Å². The highest BCUT2D eigenvalue weighted by atomic mass is 16.4. The number of carboxylic acids is 1. The number of anilines is 1. The van der Waals surface area contributed by atoms with Crippen molar-refractivity contribution in [3.63, 3.8) is 0 Å². The van der Waals surface area contributed by atoms with Gasteiger partial charge in [0.1, 0.15) is 0 Å². The number of rotatable bonds is 6. The van der Waals surface area contributed by atoms with Crippen molar-refractivity contribution in [2.24, 2.45) is 12.5 Å². The lowest BCUT2D eigenvalue weighted by atomic mass is 9.79. The maximum absolute atomic E-state index is 12.2. The normalized spacial score (nSPS) is 11.4. The molecule has 1 aromatic rings. The first-order valence-electron chi connectivity index (χ1n) is 6.80. The largest absolute Gasteiger partial charge is 0.481 e. The summed E-state index contributed by atoms with van der Waals surface area (Å²) in [5, 5.41) is 16.4. The van der Waals surface area contributed by atoms with Crippen molar-refractivity contribution in [2.75, 3.05) is 5.32 Å². The highest BCUT2D eigenvalue weighted by molar-refractivity contribution is 5.95. The molecular formula is C14H23N3O3. The molecule has 0 saturated carbocycles. The van der Waals surface area contributed by atoms with Gasteiger partial charge in [0, 0.05) is 13.5 Å². The fourth-order valence-electron chi connectivity index (χ4n) is 2.32. The van der Waals surface area contributed by atoms with Gasteiger partial charge in [0.25, 0.3) is 0 Å². The van der Waals surface area contributed by atoms with Gasteiger partial charge in [-0.2, -0.15) is 5.10 Å². The van der Waals surface area contributed by atoms with Crippen LogP contribution in [-0.4, -0.2) is 26.8 Å². The molecule has 6 nitrogen and oxygen atoms in total. The zero-order valence-corrected chi connectivity index (χ0v) is 12.8. The topological polar surface area (TPSA) is 84.2 Å². The number of carboxylic acid groups (broad SMARTS) is 1. The number of nitrogens with zero attached hydrogens (tertiary/aromatic N) is 2. The molecular weight excluding hydrogens is 258 g/mol. The van der Waals surface area contributed by atoms with Crippen molar-refractivity contribution < 1.29 is 14.7 Å². The smallest absolute Gasteiger partial charge is 0.310 e. The van der Waals surface area contributed by atoms with Gasteiger partial charge in [-0.05, 0) is 26.7 Å². The molecule has 0 aliphatic carbocycles. The summed E-state index contributed by atoms with van der Waals surface area (Å²) >= 11 is 0. The molecule has 0 atom stereocenters. The fraction of sp³-hybridized carbons (Fsp3) is 0.643. The van der Waals surface area contributed by atoms with Crippen molar-refractivity contribution in [1.82, 2.24) is 9.78 Å². The minimum Gasteiger partial charge on any atom is -0.481 e. The van der Waals surface area contributed by atoms with Crippen molar-refractivity contribution in [3.05, 3.63) is 11.4 Å². The van der Waals surface area contributed by atoms with Crippen LogP contribution >= 0.6 is 0 Å². The van der Waals surface area contributed by atoms with E-state index in [1.165, 1.54) is 0 Å². The average Bonchev–Trinajstić information content (AvgIpc) is 2.62. The van der Waals surface area contributed by atoms with E-state index in [4.69, 9.17) is 0 Å². The van der Waals surface area contributed by atoms with Crippen LogP contribution in [-0.2, 0) is 16.6 Å². The maximum Gasteiger partial charge on any atom is 0.310 e. The van der Waals surface area contributed by atoms with Gasteiger partial charge in [0.15, 0.2) is 0 Å². The van der Waals surface area contributed by atoms with Crippen LogP contribution in [0.2, 0.25) is 0 Å². The molecule has 1 heterocycles. The molecule has 6 heteroatoms. The number of hydrogen-bond acceptors (Lipinski definition) is 3. The quantitative estimate of drug-likeness (QED) is 0.837. The second kappa shape index (κ2) is 6.07. The lowest BCUT2D eigenvalue weighted by Gasteiger charge is -2.25. The highest BCUT2D eigenvalue weighted by Gasteiger charge is 2.37. The van der Waals surface area contributed by atoms with Gasteiger partial charge in [-0.3, -0.25) is 14.3 Å². The van der Waals surface area contributed by atoms with E-state index < -0.39 is 11.4 Å². The van der Waals surface area contributed by atoms with E-state index in [0.717, 1.165) is 11.4 Å². The molecule has 0 unspecified atom stereocenters. The molecule has 0 radical (unpaired) electrons. The molecule has 112 valence electrons. The molecule has 1 aromatic heterocycles. The average molecular weight is 281 g/mol. The Labute approximate surface area is 119 Å². The summed E-state index contributed by atoms with van der Waals surface area (Å²) in [6.07, 6.45) is 0.831. The second-order valence-corrected chi connectivity index (χ2v) is 5.19. The molecule has 2 N–H and O–H groups in total. The molecule has 0 bridgehead atoms. The fourth-order valence-corrected chi connectivity index (χ4v) is 2.32. The number of nitrogens with one attached hydrogen (secondary N) is 1. The maximum atomic E-state index is 12.2. The number of hydrogen-bond donors (Lipinski definition) is 2. The first-order chi connectivity index (χ1) is 9.27. The van der Waals surface area contributed by atoms with Crippen LogP contribution in [0.4, 0.5) is 5.69 Å². The monoisotopic (exact) mass is 281 g/mol. The molecule has 0 aliphatic rings. The third-order valence-corrected chi connectivity index (χ3v) is 4.08. The number of aromatic nitrogens is 2. The number of carbonyl (C=O) groups excluding carboxylic acids is 1. The lowest BCUT2D eigenvalue weighted by molar-refractivity contribution is -0.151. The molecule has 20 heavy (non-hydrogen) atoms. The van der Waals surface area contributed by atoms with Gasteiger partial charge < -0.3 is 10.4 Å². The van der Waals surface area contributed by atoms with Gasteiger partial charge in [-0.1, -0.05) is 13.8 Å². The third kappa shape index (κ3) is 3.00. The number of aryl methyl sites for hydroxylation is 2. The van der Waals surface area contributed by atoms with E-state index in [0.29, 0.717) is 18.5 Å². The van der Waals surface area contributed by atoms with Crippen LogP contribution in [0.25, 0.3) is 0 Å². The van der Waals surface area contributed by atoms with E-state index in [2.05, 4.69) is 10.4 Å². The Kier molecular flexibility index (Phi) is 4.92. The van der Waals surface area contributed by atoms with Crippen LogP contribution < -0.4 is 5.32 Å². The lowest BCUT2D eigenvalue weighted by Crippen LogP contribution is -2.34. The van der Waals surface area contributed by atoms with E-state index in [9.17, 15) is 14.7 Å². The first kappa shape index (κ1) is 16.2. The predicted molar refractivity (Wildman–Crippen MR) is 76.6 cm³/mol. The Balaban J connectivity index is 2.89. The van der Waals surface area contributed by atoms with E-state index in [1.807, 2.05) is 13.8 Å². The number of amides is 1. The van der Waals surface area contributed by atoms with Crippen molar-refractivity contribution in [1.29, 1.82) is 0 Å². The summed E-state index contributed by atoms with van der Waals surface area (Å²) in [4.78, 5) is 23.6. The summed E-state index contributed by atoms with van der Waals surface area (Å²) in [7, 11) is 1.80. The zero-order chi connectivity index (χ0) is 15.5. The van der Waals surface area contributed by atoms with Crippen LogP contribution in [0, 0.1) is 19.3 Å². The molecule has 0 aromatic carbocycles. The summed E-state index contributed by atoms with van der Waals surface area (Å²) in [6.45, 7) is 7.27.